The molecule has 0 unspecified atom stereocenters. The Morgan fingerprint density at radius 2 is 1.80 bits per heavy atom. The molecule has 2 amide bonds. The van der Waals surface area contributed by atoms with Crippen LogP contribution in [0.5, 0.6) is 0 Å². The molecule has 0 atom stereocenters. The lowest BCUT2D eigenvalue weighted by molar-refractivity contribution is -0.124. The SMILES string of the molecule is O=C(Nc1cnccc1-c1ccc(Cl)cc1)c1ccnc(NC(=O)C2CC(F)C2)c1. The maximum Gasteiger partial charge on any atom is 0.255 e. The molecule has 1 aliphatic carbocycles. The van der Waals surface area contributed by atoms with Crippen LogP contribution < -0.4 is 10.6 Å². The van der Waals surface area contributed by atoms with E-state index in [0.29, 0.717) is 16.3 Å². The fourth-order valence-corrected chi connectivity index (χ4v) is 3.33. The molecular weight excluding hydrogens is 407 g/mol. The normalized spacial score (nSPS) is 17.7. The number of nitrogens with zero attached hydrogens (tertiary/aromatic N) is 2. The zero-order valence-corrected chi connectivity index (χ0v) is 16.6. The summed E-state index contributed by atoms with van der Waals surface area (Å²) in [5.41, 5.74) is 2.54. The van der Waals surface area contributed by atoms with Gasteiger partial charge in [-0.15, -0.1) is 0 Å². The topological polar surface area (TPSA) is 84.0 Å². The van der Waals surface area contributed by atoms with Crippen molar-refractivity contribution in [2.24, 2.45) is 5.92 Å². The van der Waals surface area contributed by atoms with Crippen LogP contribution in [0.15, 0.2) is 61.1 Å². The highest BCUT2D eigenvalue weighted by molar-refractivity contribution is 6.30. The van der Waals surface area contributed by atoms with E-state index in [0.717, 1.165) is 11.1 Å². The van der Waals surface area contributed by atoms with Crippen LogP contribution in [0.1, 0.15) is 23.2 Å². The molecular formula is C22H18ClFN4O2. The van der Waals surface area contributed by atoms with Crippen molar-refractivity contribution in [2.45, 2.75) is 19.0 Å². The van der Waals surface area contributed by atoms with Gasteiger partial charge in [0.15, 0.2) is 0 Å². The lowest BCUT2D eigenvalue weighted by atomic mass is 9.83. The van der Waals surface area contributed by atoms with E-state index in [2.05, 4.69) is 20.6 Å². The number of hydrogen-bond donors (Lipinski definition) is 2. The molecule has 2 N–H and O–H groups in total. The summed E-state index contributed by atoms with van der Waals surface area (Å²) < 4.78 is 13.0. The Labute approximate surface area is 177 Å². The Bertz CT molecular complexity index is 1080. The van der Waals surface area contributed by atoms with Crippen LogP contribution in [-0.4, -0.2) is 28.0 Å². The number of aromatic nitrogens is 2. The van der Waals surface area contributed by atoms with E-state index in [9.17, 15) is 14.0 Å². The van der Waals surface area contributed by atoms with Crippen LogP contribution in [0.3, 0.4) is 0 Å². The van der Waals surface area contributed by atoms with Gasteiger partial charge in [0.05, 0.1) is 11.9 Å². The minimum atomic E-state index is -0.917. The summed E-state index contributed by atoms with van der Waals surface area (Å²) in [6, 6.07) is 12.1. The van der Waals surface area contributed by atoms with E-state index in [4.69, 9.17) is 11.6 Å². The second-order valence-corrected chi connectivity index (χ2v) is 7.50. The highest BCUT2D eigenvalue weighted by Gasteiger charge is 2.34. The molecule has 1 fully saturated rings. The number of carbonyl (C=O) groups is 2. The fraction of sp³-hybridized carbons (Fsp3) is 0.182. The van der Waals surface area contributed by atoms with Gasteiger partial charge in [0.2, 0.25) is 5.91 Å². The summed E-state index contributed by atoms with van der Waals surface area (Å²) in [5.74, 6) is -0.759. The van der Waals surface area contributed by atoms with Gasteiger partial charge >= 0.3 is 0 Å². The number of hydrogen-bond acceptors (Lipinski definition) is 4. The summed E-state index contributed by atoms with van der Waals surface area (Å²) in [6.07, 6.45) is 4.17. The molecule has 0 aliphatic heterocycles. The Kier molecular flexibility index (Phi) is 5.72. The van der Waals surface area contributed by atoms with Crippen LogP contribution in [0, 0.1) is 5.92 Å². The Morgan fingerprint density at radius 3 is 2.53 bits per heavy atom. The van der Waals surface area contributed by atoms with E-state index in [1.807, 2.05) is 12.1 Å². The predicted molar refractivity (Wildman–Crippen MR) is 113 cm³/mol. The van der Waals surface area contributed by atoms with Crippen LogP contribution in [0.4, 0.5) is 15.9 Å². The average Bonchev–Trinajstić information content (AvgIpc) is 2.72. The average molecular weight is 425 g/mol. The van der Waals surface area contributed by atoms with Gasteiger partial charge in [0.1, 0.15) is 12.0 Å². The molecule has 0 radical (unpaired) electrons. The summed E-state index contributed by atoms with van der Waals surface area (Å²) in [4.78, 5) is 33.0. The number of rotatable bonds is 5. The molecule has 4 rings (SSSR count). The third kappa shape index (κ3) is 4.46. The fourth-order valence-electron chi connectivity index (χ4n) is 3.20. The minimum Gasteiger partial charge on any atom is -0.320 e. The zero-order valence-electron chi connectivity index (χ0n) is 15.8. The number of amides is 2. The molecule has 1 saturated carbocycles. The van der Waals surface area contributed by atoms with E-state index in [1.165, 1.54) is 12.3 Å². The summed E-state index contributed by atoms with van der Waals surface area (Å²) in [5, 5.41) is 6.11. The zero-order chi connectivity index (χ0) is 21.1. The van der Waals surface area contributed by atoms with E-state index >= 15 is 0 Å². The largest absolute Gasteiger partial charge is 0.320 e. The van der Waals surface area contributed by atoms with Crippen LogP contribution in [0.2, 0.25) is 5.02 Å². The van der Waals surface area contributed by atoms with Gasteiger partial charge in [-0.1, -0.05) is 23.7 Å². The quantitative estimate of drug-likeness (QED) is 0.619. The van der Waals surface area contributed by atoms with Crippen molar-refractivity contribution in [3.8, 4) is 11.1 Å². The van der Waals surface area contributed by atoms with E-state index in [1.54, 1.807) is 36.7 Å². The van der Waals surface area contributed by atoms with E-state index < -0.39 is 6.17 Å². The molecule has 1 aliphatic rings. The van der Waals surface area contributed by atoms with E-state index in [-0.39, 0.29) is 36.4 Å². The van der Waals surface area contributed by atoms with Crippen molar-refractivity contribution >= 4 is 34.9 Å². The maximum atomic E-state index is 13.0. The summed E-state index contributed by atoms with van der Waals surface area (Å²) in [7, 11) is 0. The molecule has 152 valence electrons. The maximum absolute atomic E-state index is 13.0. The van der Waals surface area contributed by atoms with Gasteiger partial charge in [0, 0.05) is 34.5 Å². The Hall–Kier alpha value is -3.32. The molecule has 1 aromatic carbocycles. The van der Waals surface area contributed by atoms with Crippen molar-refractivity contribution in [3.63, 3.8) is 0 Å². The van der Waals surface area contributed by atoms with Crippen molar-refractivity contribution in [1.29, 1.82) is 0 Å². The van der Waals surface area contributed by atoms with Crippen molar-refractivity contribution in [3.05, 3.63) is 71.6 Å². The molecule has 2 aromatic heterocycles. The predicted octanol–water partition coefficient (Wildman–Crippen LogP) is 4.74. The van der Waals surface area contributed by atoms with Gasteiger partial charge in [-0.05, 0) is 48.7 Å². The minimum absolute atomic E-state index is 0.223. The summed E-state index contributed by atoms with van der Waals surface area (Å²) in [6.45, 7) is 0. The number of pyridine rings is 2. The van der Waals surface area contributed by atoms with Crippen molar-refractivity contribution < 1.29 is 14.0 Å². The molecule has 8 heteroatoms. The van der Waals surface area contributed by atoms with Crippen LogP contribution in [0.25, 0.3) is 11.1 Å². The van der Waals surface area contributed by atoms with Crippen molar-refractivity contribution in [1.82, 2.24) is 9.97 Å². The van der Waals surface area contributed by atoms with Crippen LogP contribution >= 0.6 is 11.6 Å². The molecule has 0 saturated heterocycles. The Morgan fingerprint density at radius 1 is 1.03 bits per heavy atom. The smallest absolute Gasteiger partial charge is 0.255 e. The first-order valence-corrected chi connectivity index (χ1v) is 9.79. The number of carbonyl (C=O) groups excluding carboxylic acids is 2. The first kappa shape index (κ1) is 20.0. The van der Waals surface area contributed by atoms with Gasteiger partial charge in [0.25, 0.3) is 5.91 Å². The van der Waals surface area contributed by atoms with Gasteiger partial charge in [-0.3, -0.25) is 14.6 Å². The number of benzene rings is 1. The first-order valence-electron chi connectivity index (χ1n) is 9.42. The lowest BCUT2D eigenvalue weighted by Crippen LogP contribution is -2.35. The third-order valence-corrected chi connectivity index (χ3v) is 5.20. The molecule has 6 nitrogen and oxygen atoms in total. The number of nitrogens with one attached hydrogen (secondary N) is 2. The second-order valence-electron chi connectivity index (χ2n) is 7.07. The molecule has 0 bridgehead atoms. The second kappa shape index (κ2) is 8.59. The monoisotopic (exact) mass is 424 g/mol. The molecule has 0 spiro atoms. The Balaban J connectivity index is 1.49. The van der Waals surface area contributed by atoms with Gasteiger partial charge in [-0.25, -0.2) is 9.37 Å². The number of halogens is 2. The van der Waals surface area contributed by atoms with Crippen LogP contribution in [-0.2, 0) is 4.79 Å². The third-order valence-electron chi connectivity index (χ3n) is 4.95. The number of alkyl halides is 1. The molecule has 3 aromatic rings. The molecule has 30 heavy (non-hydrogen) atoms. The van der Waals surface area contributed by atoms with Gasteiger partial charge in [-0.2, -0.15) is 0 Å². The first-order chi connectivity index (χ1) is 14.5. The van der Waals surface area contributed by atoms with Crippen molar-refractivity contribution in [2.75, 3.05) is 10.6 Å². The number of anilines is 2. The summed E-state index contributed by atoms with van der Waals surface area (Å²) >= 11 is 5.96. The highest BCUT2D eigenvalue weighted by atomic mass is 35.5. The standard InChI is InChI=1S/C22H18ClFN4O2/c23-16-3-1-13(2-4-16)18-6-7-25-12-19(18)27-21(29)14-5-8-26-20(11-14)28-22(30)15-9-17(24)10-15/h1-8,11-12,15,17H,9-10H2,(H,27,29)(H,26,28,30). The lowest BCUT2D eigenvalue weighted by Gasteiger charge is -2.28. The highest BCUT2D eigenvalue weighted by Crippen LogP contribution is 2.31. The molecule has 2 heterocycles. The van der Waals surface area contributed by atoms with Gasteiger partial charge < -0.3 is 10.6 Å².